The van der Waals surface area contributed by atoms with Crippen molar-refractivity contribution in [2.75, 3.05) is 6.54 Å². The van der Waals surface area contributed by atoms with Crippen molar-refractivity contribution in [2.24, 2.45) is 0 Å². The molecule has 0 aromatic rings. The highest BCUT2D eigenvalue weighted by molar-refractivity contribution is 7.87. The molecule has 0 saturated carbocycles. The number of allylic oxidation sites excluding steroid dienone is 2. The van der Waals surface area contributed by atoms with Crippen molar-refractivity contribution in [1.29, 1.82) is 0 Å². The Bertz CT molecular complexity index is 588. The molecule has 0 aromatic carbocycles. The van der Waals surface area contributed by atoms with Crippen LogP contribution in [0.2, 0.25) is 0 Å². The molecule has 176 valence electrons. The second-order valence-electron chi connectivity index (χ2n) is 7.83. The summed E-state index contributed by atoms with van der Waals surface area (Å²) >= 11 is 0. The van der Waals surface area contributed by atoms with Crippen molar-refractivity contribution in [3.05, 3.63) is 12.2 Å². The number of amides is 1. The van der Waals surface area contributed by atoms with Gasteiger partial charge in [0.2, 0.25) is 5.91 Å². The number of hydrogen-bond acceptors (Lipinski definition) is 4. The van der Waals surface area contributed by atoms with Crippen molar-refractivity contribution in [3.8, 4) is 0 Å². The molecular formula is C22H41NO6S. The number of carboxylic acid groups (broad SMARTS) is 1. The summed E-state index contributed by atoms with van der Waals surface area (Å²) in [6.07, 6.45) is 20.0. The molecule has 0 aliphatic carbocycles. The molecular weight excluding hydrogens is 406 g/mol. The number of carboxylic acids is 1. The molecule has 1 amide bonds. The topological polar surface area (TPSA) is 121 Å². The molecule has 8 heteroatoms. The lowest BCUT2D eigenvalue weighted by molar-refractivity contribution is -0.138. The van der Waals surface area contributed by atoms with Gasteiger partial charge in [0.25, 0.3) is 10.1 Å². The van der Waals surface area contributed by atoms with Crippen molar-refractivity contribution >= 4 is 22.0 Å². The summed E-state index contributed by atoms with van der Waals surface area (Å²) in [6.45, 7) is 2.51. The van der Waals surface area contributed by atoms with Gasteiger partial charge in [-0.3, -0.25) is 14.1 Å². The number of carbonyl (C=O) groups is 2. The predicted molar refractivity (Wildman–Crippen MR) is 120 cm³/mol. The van der Waals surface area contributed by atoms with E-state index in [-0.39, 0.29) is 6.54 Å². The van der Waals surface area contributed by atoms with E-state index >= 15 is 0 Å². The van der Waals surface area contributed by atoms with Crippen LogP contribution < -0.4 is 5.32 Å². The highest BCUT2D eigenvalue weighted by atomic mass is 32.2. The molecule has 1 unspecified atom stereocenters. The number of hydrogen-bond donors (Lipinski definition) is 3. The molecule has 0 saturated heterocycles. The summed E-state index contributed by atoms with van der Waals surface area (Å²) in [7, 11) is -4.73. The Morgan fingerprint density at radius 2 is 1.30 bits per heavy atom. The number of unbranched alkanes of at least 4 members (excludes halogenated alkanes) is 12. The van der Waals surface area contributed by atoms with Crippen molar-refractivity contribution in [3.63, 3.8) is 0 Å². The van der Waals surface area contributed by atoms with Crippen molar-refractivity contribution < 1.29 is 27.7 Å². The smallest absolute Gasteiger partial charge is 0.305 e. The van der Waals surface area contributed by atoms with E-state index in [1.807, 2.05) is 0 Å². The van der Waals surface area contributed by atoms with Crippen LogP contribution >= 0.6 is 0 Å². The van der Waals surface area contributed by atoms with Gasteiger partial charge < -0.3 is 10.4 Å². The Kier molecular flexibility index (Phi) is 17.5. The van der Waals surface area contributed by atoms with Gasteiger partial charge in [-0.2, -0.15) is 8.42 Å². The van der Waals surface area contributed by atoms with E-state index < -0.39 is 33.7 Å². The van der Waals surface area contributed by atoms with Crippen molar-refractivity contribution in [1.82, 2.24) is 5.32 Å². The molecule has 0 radical (unpaired) electrons. The number of nitrogens with one attached hydrogen (secondary N) is 1. The van der Waals surface area contributed by atoms with Crippen LogP contribution in [0.1, 0.15) is 103 Å². The van der Waals surface area contributed by atoms with Crippen LogP contribution in [0, 0.1) is 0 Å². The maximum atomic E-state index is 11.8. The maximum absolute atomic E-state index is 11.8. The number of aliphatic carboxylic acids is 1. The monoisotopic (exact) mass is 447 g/mol. The summed E-state index contributed by atoms with van der Waals surface area (Å²) in [5.41, 5.74) is 0. The summed E-state index contributed by atoms with van der Waals surface area (Å²) in [6, 6.07) is 0. The molecule has 0 bridgehead atoms. The van der Waals surface area contributed by atoms with Gasteiger partial charge in [-0.05, 0) is 32.1 Å². The van der Waals surface area contributed by atoms with E-state index in [1.54, 1.807) is 0 Å². The van der Waals surface area contributed by atoms with Crippen molar-refractivity contribution in [2.45, 2.75) is 108 Å². The molecule has 3 N–H and O–H groups in total. The summed E-state index contributed by atoms with van der Waals surface area (Å²) in [5, 5.41) is 9.10. The van der Waals surface area contributed by atoms with E-state index in [0.717, 1.165) is 32.1 Å². The predicted octanol–water partition coefficient (Wildman–Crippen LogP) is 4.87. The minimum atomic E-state index is -4.73. The lowest BCUT2D eigenvalue weighted by atomic mass is 10.1. The molecule has 0 heterocycles. The SMILES string of the molecule is CCCCCCCC/C=C/CCCCCCCCNC(=O)C(CC(=O)O)S(=O)(=O)O. The third-order valence-electron chi connectivity index (χ3n) is 5.00. The van der Waals surface area contributed by atoms with Crippen LogP contribution in [0.25, 0.3) is 0 Å². The fraction of sp³-hybridized carbons (Fsp3) is 0.818. The Balaban J connectivity index is 3.58. The molecule has 0 aromatic heterocycles. The van der Waals surface area contributed by atoms with Crippen LogP contribution in [-0.4, -0.2) is 41.7 Å². The first-order valence-electron chi connectivity index (χ1n) is 11.4. The molecule has 0 rings (SSSR count). The highest BCUT2D eigenvalue weighted by Gasteiger charge is 2.33. The molecule has 7 nitrogen and oxygen atoms in total. The first kappa shape index (κ1) is 28.6. The zero-order valence-corrected chi connectivity index (χ0v) is 19.3. The summed E-state index contributed by atoms with van der Waals surface area (Å²) in [5.74, 6) is -2.42. The minimum Gasteiger partial charge on any atom is -0.481 e. The lowest BCUT2D eigenvalue weighted by Crippen LogP contribution is -2.41. The Hall–Kier alpha value is -1.41. The van der Waals surface area contributed by atoms with Crippen LogP contribution in [0.5, 0.6) is 0 Å². The zero-order valence-electron chi connectivity index (χ0n) is 18.5. The van der Waals surface area contributed by atoms with Gasteiger partial charge in [-0.25, -0.2) is 0 Å². The van der Waals surface area contributed by atoms with Gasteiger partial charge >= 0.3 is 5.97 Å². The second-order valence-corrected chi connectivity index (χ2v) is 9.43. The lowest BCUT2D eigenvalue weighted by Gasteiger charge is -2.12. The fourth-order valence-corrected chi connectivity index (χ4v) is 3.90. The number of rotatable bonds is 20. The highest BCUT2D eigenvalue weighted by Crippen LogP contribution is 2.10. The summed E-state index contributed by atoms with van der Waals surface area (Å²) in [4.78, 5) is 22.4. The zero-order chi connectivity index (χ0) is 22.7. The van der Waals surface area contributed by atoms with Gasteiger partial charge in [-0.1, -0.05) is 76.9 Å². The molecule has 1 atom stereocenters. The quantitative estimate of drug-likeness (QED) is 0.139. The third kappa shape index (κ3) is 17.4. The first-order valence-corrected chi connectivity index (χ1v) is 12.9. The molecule has 0 aliphatic rings. The van der Waals surface area contributed by atoms with Crippen LogP contribution in [-0.2, 0) is 19.7 Å². The normalized spacial score (nSPS) is 12.9. The van der Waals surface area contributed by atoms with Crippen LogP contribution in [0.4, 0.5) is 0 Å². The minimum absolute atomic E-state index is 0.269. The summed E-state index contributed by atoms with van der Waals surface area (Å²) < 4.78 is 31.2. The first-order chi connectivity index (χ1) is 14.3. The van der Waals surface area contributed by atoms with E-state index in [2.05, 4.69) is 24.4 Å². The van der Waals surface area contributed by atoms with Gasteiger partial charge in [0, 0.05) is 6.54 Å². The Labute approximate surface area is 182 Å². The fourth-order valence-electron chi connectivity index (χ4n) is 3.19. The molecule has 30 heavy (non-hydrogen) atoms. The maximum Gasteiger partial charge on any atom is 0.305 e. The second kappa shape index (κ2) is 18.4. The van der Waals surface area contributed by atoms with E-state index in [0.29, 0.717) is 6.42 Å². The molecule has 0 aliphatic heterocycles. The standard InChI is InChI=1S/C22H41NO6S/c1-2-3-4-5-6-7-8-9-10-11-12-13-14-15-16-17-18-23-22(26)20(19-21(24)25)30(27,28)29/h9-10,20H,2-8,11-19H2,1H3,(H,23,26)(H,24,25)(H,27,28,29)/b10-9+. The third-order valence-corrected chi connectivity index (χ3v) is 6.10. The largest absolute Gasteiger partial charge is 0.481 e. The van der Waals surface area contributed by atoms with Gasteiger partial charge in [0.15, 0.2) is 5.25 Å². The average molecular weight is 448 g/mol. The van der Waals surface area contributed by atoms with Gasteiger partial charge in [0.1, 0.15) is 0 Å². The van der Waals surface area contributed by atoms with Crippen LogP contribution in [0.3, 0.4) is 0 Å². The van der Waals surface area contributed by atoms with E-state index in [9.17, 15) is 18.0 Å². The van der Waals surface area contributed by atoms with Gasteiger partial charge in [0.05, 0.1) is 6.42 Å². The number of carbonyl (C=O) groups excluding carboxylic acids is 1. The molecule has 0 fully saturated rings. The van der Waals surface area contributed by atoms with E-state index in [1.165, 1.54) is 51.4 Å². The average Bonchev–Trinajstić information content (AvgIpc) is 2.67. The Morgan fingerprint density at radius 1 is 0.833 bits per heavy atom. The van der Waals surface area contributed by atoms with Gasteiger partial charge in [-0.15, -0.1) is 0 Å². The van der Waals surface area contributed by atoms with Crippen LogP contribution in [0.15, 0.2) is 12.2 Å². The van der Waals surface area contributed by atoms with E-state index in [4.69, 9.17) is 9.66 Å². The molecule has 0 spiro atoms. The Morgan fingerprint density at radius 3 is 1.77 bits per heavy atom.